The molecule has 0 unspecified atom stereocenters. The number of carbonyl (C=O) groups is 2. The maximum atomic E-state index is 12.8. The largest absolute Gasteiger partial charge is 0.388 e. The molecule has 1 saturated carbocycles. The number of nitrogens with zero attached hydrogens (tertiary/aromatic N) is 2. The van der Waals surface area contributed by atoms with Crippen LogP contribution in [-0.4, -0.2) is 44.9 Å². The molecule has 3 N–H and O–H groups in total. The Morgan fingerprint density at radius 1 is 1.16 bits per heavy atom. The molecule has 1 fully saturated rings. The number of aromatic nitrogens is 2. The van der Waals surface area contributed by atoms with E-state index in [0.717, 1.165) is 30.3 Å². The van der Waals surface area contributed by atoms with Crippen LogP contribution < -0.4 is 16.3 Å². The molecule has 3 rings (SSSR count). The average Bonchev–Trinajstić information content (AvgIpc) is 2.88. The van der Waals surface area contributed by atoms with Crippen LogP contribution in [0.2, 0.25) is 5.02 Å². The lowest BCUT2D eigenvalue weighted by atomic mass is 9.94. The SMILES string of the molecule is CCNC(=O)n1c(C)cn(-c2ccc(Cl)c(C(=O)NCC3(O)CCCCCC3)c2)c1=O. The Balaban J connectivity index is 1.84. The number of rotatable bonds is 5. The summed E-state index contributed by atoms with van der Waals surface area (Å²) in [5.41, 5.74) is -0.364. The van der Waals surface area contributed by atoms with Crippen molar-refractivity contribution in [2.75, 3.05) is 13.1 Å². The van der Waals surface area contributed by atoms with Crippen molar-refractivity contribution in [3.63, 3.8) is 0 Å². The summed E-state index contributed by atoms with van der Waals surface area (Å²) in [5.74, 6) is -0.419. The number of benzene rings is 1. The van der Waals surface area contributed by atoms with Gasteiger partial charge in [-0.1, -0.05) is 37.3 Å². The fraction of sp³-hybridized carbons (Fsp3) is 0.500. The summed E-state index contributed by atoms with van der Waals surface area (Å²) in [6.45, 7) is 3.97. The van der Waals surface area contributed by atoms with Gasteiger partial charge >= 0.3 is 11.7 Å². The van der Waals surface area contributed by atoms with E-state index in [9.17, 15) is 19.5 Å². The zero-order valence-electron chi connectivity index (χ0n) is 17.9. The molecule has 1 aliphatic carbocycles. The monoisotopic (exact) mass is 448 g/mol. The number of amides is 2. The van der Waals surface area contributed by atoms with E-state index in [-0.39, 0.29) is 17.1 Å². The van der Waals surface area contributed by atoms with E-state index in [1.807, 2.05) is 0 Å². The highest BCUT2D eigenvalue weighted by atomic mass is 35.5. The maximum Gasteiger partial charge on any atom is 0.341 e. The average molecular weight is 449 g/mol. The third-order valence-corrected chi connectivity index (χ3v) is 6.01. The van der Waals surface area contributed by atoms with Crippen LogP contribution in [0.5, 0.6) is 0 Å². The minimum absolute atomic E-state index is 0.152. The molecular formula is C22H29ClN4O4. The van der Waals surface area contributed by atoms with Crippen molar-refractivity contribution in [1.29, 1.82) is 0 Å². The molecule has 0 saturated heterocycles. The van der Waals surface area contributed by atoms with Gasteiger partial charge in [0.1, 0.15) is 0 Å². The lowest BCUT2D eigenvalue weighted by Crippen LogP contribution is -2.42. The molecule has 1 aliphatic rings. The van der Waals surface area contributed by atoms with Crippen LogP contribution >= 0.6 is 11.6 Å². The maximum absolute atomic E-state index is 12.8. The summed E-state index contributed by atoms with van der Waals surface area (Å²) in [5, 5.41) is 16.4. The van der Waals surface area contributed by atoms with Crippen LogP contribution in [0.4, 0.5) is 4.79 Å². The number of hydrogen-bond donors (Lipinski definition) is 3. The van der Waals surface area contributed by atoms with Gasteiger partial charge < -0.3 is 15.7 Å². The van der Waals surface area contributed by atoms with Crippen LogP contribution in [0, 0.1) is 6.92 Å². The Bertz CT molecular complexity index is 1020. The molecule has 1 aromatic carbocycles. The van der Waals surface area contributed by atoms with Crippen molar-refractivity contribution in [3.8, 4) is 5.69 Å². The Hall–Kier alpha value is -2.58. The van der Waals surface area contributed by atoms with Gasteiger partial charge in [0.15, 0.2) is 0 Å². The van der Waals surface area contributed by atoms with Gasteiger partial charge in [0, 0.05) is 25.0 Å². The quantitative estimate of drug-likeness (QED) is 0.611. The second-order valence-corrected chi connectivity index (χ2v) is 8.49. The number of aliphatic hydroxyl groups is 1. The molecule has 1 aromatic heterocycles. The van der Waals surface area contributed by atoms with Crippen LogP contribution in [0.3, 0.4) is 0 Å². The van der Waals surface area contributed by atoms with Crippen molar-refractivity contribution < 1.29 is 14.7 Å². The molecule has 8 nitrogen and oxygen atoms in total. The summed E-state index contributed by atoms with van der Waals surface area (Å²) in [6, 6.07) is 4.16. The predicted octanol–water partition coefficient (Wildman–Crippen LogP) is 2.99. The Morgan fingerprint density at radius 2 is 1.84 bits per heavy atom. The van der Waals surface area contributed by atoms with Gasteiger partial charge in [-0.3, -0.25) is 9.36 Å². The fourth-order valence-electron chi connectivity index (χ4n) is 3.96. The smallest absolute Gasteiger partial charge is 0.341 e. The summed E-state index contributed by atoms with van der Waals surface area (Å²) in [4.78, 5) is 37.8. The van der Waals surface area contributed by atoms with Crippen LogP contribution in [0.15, 0.2) is 29.2 Å². The Kier molecular flexibility index (Phi) is 7.23. The third-order valence-electron chi connectivity index (χ3n) is 5.68. The topological polar surface area (TPSA) is 105 Å². The molecule has 2 amide bonds. The van der Waals surface area contributed by atoms with Crippen LogP contribution in [-0.2, 0) is 0 Å². The highest BCUT2D eigenvalue weighted by Crippen LogP contribution is 2.27. The van der Waals surface area contributed by atoms with Gasteiger partial charge in [-0.15, -0.1) is 0 Å². The highest BCUT2D eigenvalue weighted by Gasteiger charge is 2.29. The van der Waals surface area contributed by atoms with Crippen molar-refractivity contribution in [2.24, 2.45) is 0 Å². The van der Waals surface area contributed by atoms with Gasteiger partial charge in [-0.25, -0.2) is 14.2 Å². The molecule has 31 heavy (non-hydrogen) atoms. The standard InChI is InChI=1S/C22H29ClN4O4/c1-3-24-20(29)27-15(2)13-26(21(27)30)16-8-9-18(23)17(12-16)19(28)25-14-22(31)10-6-4-5-7-11-22/h8-9,12-13,31H,3-7,10-11,14H2,1-2H3,(H,24,29)(H,25,28). The van der Waals surface area contributed by atoms with E-state index in [1.165, 1.54) is 22.9 Å². The van der Waals surface area contributed by atoms with Gasteiger partial charge in [0.05, 0.1) is 21.9 Å². The first-order chi connectivity index (χ1) is 14.8. The molecule has 0 atom stereocenters. The van der Waals surface area contributed by atoms with Gasteiger partial charge in [0.2, 0.25) is 0 Å². The fourth-order valence-corrected chi connectivity index (χ4v) is 4.16. The zero-order valence-corrected chi connectivity index (χ0v) is 18.7. The number of carbonyl (C=O) groups excluding carboxylic acids is 2. The Morgan fingerprint density at radius 3 is 2.48 bits per heavy atom. The molecule has 0 radical (unpaired) electrons. The summed E-state index contributed by atoms with van der Waals surface area (Å²) < 4.78 is 2.34. The molecular weight excluding hydrogens is 420 g/mol. The van der Waals surface area contributed by atoms with Crippen LogP contribution in [0.1, 0.15) is 61.5 Å². The number of halogens is 1. The van der Waals surface area contributed by atoms with Crippen molar-refractivity contribution in [2.45, 2.75) is 58.0 Å². The molecule has 0 bridgehead atoms. The normalized spacial score (nSPS) is 15.9. The predicted molar refractivity (Wildman–Crippen MR) is 119 cm³/mol. The lowest BCUT2D eigenvalue weighted by molar-refractivity contribution is 0.0246. The van der Waals surface area contributed by atoms with E-state index < -0.39 is 23.2 Å². The van der Waals surface area contributed by atoms with E-state index in [4.69, 9.17) is 11.6 Å². The van der Waals surface area contributed by atoms with Gasteiger partial charge in [-0.05, 0) is 44.9 Å². The van der Waals surface area contributed by atoms with Crippen molar-refractivity contribution in [3.05, 3.63) is 51.2 Å². The number of imidazole rings is 1. The molecule has 0 spiro atoms. The van der Waals surface area contributed by atoms with E-state index in [2.05, 4.69) is 10.6 Å². The summed E-state index contributed by atoms with van der Waals surface area (Å²) in [7, 11) is 0. The molecule has 2 aromatic rings. The van der Waals surface area contributed by atoms with E-state index in [0.29, 0.717) is 30.8 Å². The summed E-state index contributed by atoms with van der Waals surface area (Å²) >= 11 is 6.25. The van der Waals surface area contributed by atoms with E-state index >= 15 is 0 Å². The van der Waals surface area contributed by atoms with Crippen molar-refractivity contribution in [1.82, 2.24) is 19.8 Å². The minimum Gasteiger partial charge on any atom is -0.388 e. The second-order valence-electron chi connectivity index (χ2n) is 8.08. The Labute approximate surface area is 186 Å². The minimum atomic E-state index is -0.909. The van der Waals surface area contributed by atoms with Gasteiger partial charge in [-0.2, -0.15) is 0 Å². The molecule has 9 heteroatoms. The van der Waals surface area contributed by atoms with Crippen molar-refractivity contribution >= 4 is 23.5 Å². The van der Waals surface area contributed by atoms with Gasteiger partial charge in [0.25, 0.3) is 5.91 Å². The number of nitrogens with one attached hydrogen (secondary N) is 2. The van der Waals surface area contributed by atoms with Crippen LogP contribution in [0.25, 0.3) is 5.69 Å². The lowest BCUT2D eigenvalue weighted by Gasteiger charge is -2.26. The first kappa shape index (κ1) is 23.1. The summed E-state index contributed by atoms with van der Waals surface area (Å²) in [6.07, 6.45) is 6.91. The number of hydrogen-bond acceptors (Lipinski definition) is 4. The molecule has 168 valence electrons. The first-order valence-corrected chi connectivity index (χ1v) is 11.0. The molecule has 1 heterocycles. The highest BCUT2D eigenvalue weighted by molar-refractivity contribution is 6.33. The first-order valence-electron chi connectivity index (χ1n) is 10.7. The third kappa shape index (κ3) is 5.19. The second kappa shape index (κ2) is 9.70. The number of aryl methyl sites for hydroxylation is 1. The van der Waals surface area contributed by atoms with E-state index in [1.54, 1.807) is 19.9 Å². The zero-order chi connectivity index (χ0) is 22.6. The molecule has 0 aliphatic heterocycles.